The molecule has 36 heavy (non-hydrogen) atoms. The number of rotatable bonds is 8. The molecule has 1 aliphatic heterocycles. The van der Waals surface area contributed by atoms with E-state index in [0.29, 0.717) is 24.2 Å². The van der Waals surface area contributed by atoms with Crippen molar-refractivity contribution in [2.75, 3.05) is 18.6 Å². The minimum Gasteiger partial charge on any atom is -0.489 e. The number of benzene rings is 3. The predicted octanol–water partition coefficient (Wildman–Crippen LogP) is 6.03. The van der Waals surface area contributed by atoms with E-state index in [9.17, 15) is 22.8 Å². The minimum atomic E-state index is -4.35. The lowest BCUT2D eigenvalue weighted by molar-refractivity contribution is -0.140. The van der Waals surface area contributed by atoms with E-state index in [2.05, 4.69) is 6.07 Å². The van der Waals surface area contributed by atoms with Gasteiger partial charge in [0.15, 0.2) is 0 Å². The fraction of sp³-hybridized carbons (Fsp3) is 0.259. The van der Waals surface area contributed by atoms with Gasteiger partial charge in [0.25, 0.3) is 0 Å². The Kier molecular flexibility index (Phi) is 7.88. The fourth-order valence-corrected chi connectivity index (χ4v) is 4.71. The lowest BCUT2D eigenvalue weighted by Gasteiger charge is -2.28. The number of anilines is 1. The second-order valence-corrected chi connectivity index (χ2v) is 9.31. The molecule has 0 N–H and O–H groups in total. The Morgan fingerprint density at radius 1 is 0.972 bits per heavy atom. The summed E-state index contributed by atoms with van der Waals surface area (Å²) < 4.78 is 48.4. The molecule has 4 rings (SSSR count). The molecule has 1 heterocycles. The Hall–Kier alpha value is -3.46. The van der Waals surface area contributed by atoms with Gasteiger partial charge in [-0.05, 0) is 65.6 Å². The van der Waals surface area contributed by atoms with Crippen molar-refractivity contribution in [1.82, 2.24) is 0 Å². The maximum Gasteiger partial charge on any atom is 0.416 e. The Balaban J connectivity index is 1.31. The monoisotopic (exact) mass is 515 g/mol. The summed E-state index contributed by atoms with van der Waals surface area (Å²) in [6, 6.07) is 18.4. The standard InChI is InChI=1S/C27H24F3NO4S/c1-34-26(33)15-31-24-12-11-23(14-20(24)6-13-25(31)32)36-17-19-4-9-22(10-5-19)35-16-18-2-7-21(8-3-18)27(28,29)30/h2-5,7-12,14H,6,13,15-17H2,1H3. The summed E-state index contributed by atoms with van der Waals surface area (Å²) in [7, 11) is 1.30. The van der Waals surface area contributed by atoms with E-state index in [1.165, 1.54) is 24.1 Å². The highest BCUT2D eigenvalue weighted by Crippen LogP contribution is 2.33. The minimum absolute atomic E-state index is 0.0890. The zero-order valence-electron chi connectivity index (χ0n) is 19.5. The summed E-state index contributed by atoms with van der Waals surface area (Å²) in [6.07, 6.45) is -3.37. The van der Waals surface area contributed by atoms with Crippen LogP contribution in [0, 0.1) is 0 Å². The van der Waals surface area contributed by atoms with E-state index in [4.69, 9.17) is 9.47 Å². The highest BCUT2D eigenvalue weighted by Gasteiger charge is 2.30. The van der Waals surface area contributed by atoms with Gasteiger partial charge < -0.3 is 14.4 Å². The van der Waals surface area contributed by atoms with Gasteiger partial charge in [0, 0.05) is 22.8 Å². The molecule has 188 valence electrons. The van der Waals surface area contributed by atoms with Crippen LogP contribution in [-0.2, 0) is 39.3 Å². The SMILES string of the molecule is COC(=O)CN1C(=O)CCc2cc(SCc3ccc(OCc4ccc(C(F)(F)F)cc4)cc3)ccc21. The summed E-state index contributed by atoms with van der Waals surface area (Å²) in [5.74, 6) is 0.811. The van der Waals surface area contributed by atoms with Crippen LogP contribution in [0.4, 0.5) is 18.9 Å². The van der Waals surface area contributed by atoms with E-state index in [1.54, 1.807) is 11.8 Å². The van der Waals surface area contributed by atoms with Crippen LogP contribution in [-0.4, -0.2) is 25.5 Å². The normalized spacial score (nSPS) is 13.3. The molecule has 0 aromatic heterocycles. The lowest BCUT2D eigenvalue weighted by Crippen LogP contribution is -2.39. The van der Waals surface area contributed by atoms with Gasteiger partial charge in [-0.15, -0.1) is 11.8 Å². The third-order valence-corrected chi connectivity index (χ3v) is 6.85. The first-order chi connectivity index (χ1) is 17.2. The molecule has 3 aromatic carbocycles. The van der Waals surface area contributed by atoms with E-state index in [0.717, 1.165) is 39.6 Å². The summed E-state index contributed by atoms with van der Waals surface area (Å²) in [5.41, 5.74) is 2.83. The molecule has 0 saturated carbocycles. The molecule has 3 aromatic rings. The number of aryl methyl sites for hydroxylation is 1. The predicted molar refractivity (Wildman–Crippen MR) is 131 cm³/mol. The maximum absolute atomic E-state index is 12.7. The Bertz CT molecular complexity index is 1230. The molecular formula is C27H24F3NO4S. The Labute approximate surface area is 211 Å². The number of amides is 1. The molecule has 0 bridgehead atoms. The van der Waals surface area contributed by atoms with E-state index in [1.807, 2.05) is 36.4 Å². The number of esters is 1. The first kappa shape index (κ1) is 25.6. The molecule has 5 nitrogen and oxygen atoms in total. The number of hydrogen-bond donors (Lipinski definition) is 0. The van der Waals surface area contributed by atoms with Crippen LogP contribution in [0.25, 0.3) is 0 Å². The molecule has 0 fully saturated rings. The van der Waals surface area contributed by atoms with Gasteiger partial charge in [0.1, 0.15) is 18.9 Å². The molecule has 0 atom stereocenters. The highest BCUT2D eigenvalue weighted by atomic mass is 32.2. The maximum atomic E-state index is 12.7. The van der Waals surface area contributed by atoms with Gasteiger partial charge in [-0.2, -0.15) is 13.2 Å². The summed E-state index contributed by atoms with van der Waals surface area (Å²) >= 11 is 1.66. The number of fused-ring (bicyclic) bond motifs is 1. The van der Waals surface area contributed by atoms with Crippen LogP contribution in [0.15, 0.2) is 71.6 Å². The van der Waals surface area contributed by atoms with Crippen LogP contribution < -0.4 is 9.64 Å². The van der Waals surface area contributed by atoms with Crippen molar-refractivity contribution in [3.05, 3.63) is 89.0 Å². The van der Waals surface area contributed by atoms with Crippen LogP contribution >= 0.6 is 11.8 Å². The third-order valence-electron chi connectivity index (χ3n) is 5.78. The Morgan fingerprint density at radius 2 is 1.67 bits per heavy atom. The van der Waals surface area contributed by atoms with Gasteiger partial charge in [-0.3, -0.25) is 9.59 Å². The number of halogens is 3. The van der Waals surface area contributed by atoms with E-state index >= 15 is 0 Å². The van der Waals surface area contributed by atoms with Gasteiger partial charge in [-0.1, -0.05) is 24.3 Å². The fourth-order valence-electron chi connectivity index (χ4n) is 3.80. The number of methoxy groups -OCH3 is 1. The van der Waals surface area contributed by atoms with Crippen molar-refractivity contribution in [2.45, 2.75) is 36.3 Å². The average molecular weight is 516 g/mol. The molecule has 1 amide bonds. The smallest absolute Gasteiger partial charge is 0.416 e. The average Bonchev–Trinajstić information content (AvgIpc) is 2.88. The quantitative estimate of drug-likeness (QED) is 0.271. The number of alkyl halides is 3. The molecule has 0 saturated heterocycles. The molecule has 0 spiro atoms. The second kappa shape index (κ2) is 11.1. The van der Waals surface area contributed by atoms with Crippen molar-refractivity contribution >= 4 is 29.3 Å². The molecule has 0 aliphatic carbocycles. The number of thioether (sulfide) groups is 1. The third kappa shape index (κ3) is 6.40. The zero-order chi connectivity index (χ0) is 25.7. The first-order valence-electron chi connectivity index (χ1n) is 11.2. The van der Waals surface area contributed by atoms with Crippen LogP contribution in [0.5, 0.6) is 5.75 Å². The van der Waals surface area contributed by atoms with Crippen molar-refractivity contribution in [1.29, 1.82) is 0 Å². The summed E-state index contributed by atoms with van der Waals surface area (Å²) in [5, 5.41) is 0. The molecule has 1 aliphatic rings. The topological polar surface area (TPSA) is 55.8 Å². The van der Waals surface area contributed by atoms with Crippen LogP contribution in [0.3, 0.4) is 0 Å². The second-order valence-electron chi connectivity index (χ2n) is 8.26. The highest BCUT2D eigenvalue weighted by molar-refractivity contribution is 7.98. The van der Waals surface area contributed by atoms with Gasteiger partial charge >= 0.3 is 12.1 Å². The van der Waals surface area contributed by atoms with Crippen molar-refractivity contribution in [3.8, 4) is 5.75 Å². The van der Waals surface area contributed by atoms with Crippen molar-refractivity contribution < 1.29 is 32.2 Å². The zero-order valence-corrected chi connectivity index (χ0v) is 20.3. The number of ether oxygens (including phenoxy) is 2. The number of hydrogen-bond acceptors (Lipinski definition) is 5. The van der Waals surface area contributed by atoms with Gasteiger partial charge in [0.2, 0.25) is 5.91 Å². The summed E-state index contributed by atoms with van der Waals surface area (Å²) in [4.78, 5) is 26.5. The Morgan fingerprint density at radius 3 is 2.33 bits per heavy atom. The van der Waals surface area contributed by atoms with Crippen molar-refractivity contribution in [2.24, 2.45) is 0 Å². The van der Waals surface area contributed by atoms with Gasteiger partial charge in [0.05, 0.1) is 12.7 Å². The van der Waals surface area contributed by atoms with Crippen LogP contribution in [0.2, 0.25) is 0 Å². The molecule has 0 unspecified atom stereocenters. The molecule has 9 heteroatoms. The van der Waals surface area contributed by atoms with Crippen LogP contribution in [0.1, 0.15) is 28.7 Å². The molecular weight excluding hydrogens is 491 g/mol. The van der Waals surface area contributed by atoms with Gasteiger partial charge in [-0.25, -0.2) is 0 Å². The number of carbonyl (C=O) groups excluding carboxylic acids is 2. The largest absolute Gasteiger partial charge is 0.489 e. The number of nitrogens with zero attached hydrogens (tertiary/aromatic N) is 1. The molecule has 0 radical (unpaired) electrons. The first-order valence-corrected chi connectivity index (χ1v) is 12.2. The summed E-state index contributed by atoms with van der Waals surface area (Å²) in [6.45, 7) is 0.0823. The van der Waals surface area contributed by atoms with E-state index < -0.39 is 17.7 Å². The van der Waals surface area contributed by atoms with Crippen molar-refractivity contribution in [3.63, 3.8) is 0 Å². The van der Waals surface area contributed by atoms with E-state index in [-0.39, 0.29) is 19.1 Å². The number of carbonyl (C=O) groups is 2. The lowest BCUT2D eigenvalue weighted by atomic mass is 10.0.